The fourth-order valence-electron chi connectivity index (χ4n) is 2.93. The van der Waals surface area contributed by atoms with E-state index < -0.39 is 6.10 Å². The Kier molecular flexibility index (Phi) is 5.22. The molecule has 0 aliphatic carbocycles. The third-order valence-corrected chi connectivity index (χ3v) is 4.27. The van der Waals surface area contributed by atoms with Crippen LogP contribution in [0.5, 0.6) is 0 Å². The van der Waals surface area contributed by atoms with Gasteiger partial charge in [0.25, 0.3) is 0 Å². The van der Waals surface area contributed by atoms with Gasteiger partial charge in [-0.05, 0) is 30.5 Å². The number of nitrogens with one attached hydrogen (secondary N) is 1. The van der Waals surface area contributed by atoms with Crippen LogP contribution < -0.4 is 10.2 Å². The molecule has 1 aliphatic rings. The maximum atomic E-state index is 12.9. The normalized spacial score (nSPS) is 18.6. The van der Waals surface area contributed by atoms with Gasteiger partial charge in [-0.3, -0.25) is 0 Å². The minimum atomic E-state index is -0.763. The Balaban J connectivity index is 1.63. The van der Waals surface area contributed by atoms with E-state index in [1.807, 2.05) is 6.07 Å². The van der Waals surface area contributed by atoms with Crippen molar-refractivity contribution in [1.29, 1.82) is 0 Å². The predicted octanol–water partition coefficient (Wildman–Crippen LogP) is 1.72. The van der Waals surface area contributed by atoms with Crippen molar-refractivity contribution in [3.63, 3.8) is 0 Å². The second-order valence-corrected chi connectivity index (χ2v) is 5.88. The largest absolute Gasteiger partial charge is 0.394 e. The van der Waals surface area contributed by atoms with Gasteiger partial charge in [0.2, 0.25) is 0 Å². The summed E-state index contributed by atoms with van der Waals surface area (Å²) in [7, 11) is 0. The second-order valence-electron chi connectivity index (χ2n) is 5.88. The molecule has 0 radical (unpaired) electrons. The first-order valence-corrected chi connectivity index (χ1v) is 8.04. The standard InChI is InChI=1S/C17H21FN4O2/c18-13-5-3-12(4-6-13)15(24)9-19-16-8-17(21-11-20-16)22-7-1-2-14(22)10-23/h3-6,8,11,14-15,23-24H,1-2,7,9-10H2,(H,19,20,21)/t14-,15-/m1/s1. The highest BCUT2D eigenvalue weighted by atomic mass is 19.1. The molecule has 6 nitrogen and oxygen atoms in total. The molecule has 1 aliphatic heterocycles. The van der Waals surface area contributed by atoms with E-state index >= 15 is 0 Å². The molecule has 7 heteroatoms. The molecular formula is C17H21FN4O2. The number of nitrogens with zero attached hydrogens (tertiary/aromatic N) is 3. The molecule has 24 heavy (non-hydrogen) atoms. The van der Waals surface area contributed by atoms with E-state index in [4.69, 9.17) is 0 Å². The number of halogens is 1. The van der Waals surface area contributed by atoms with E-state index in [-0.39, 0.29) is 25.0 Å². The van der Waals surface area contributed by atoms with Crippen LogP contribution in [0, 0.1) is 5.82 Å². The lowest BCUT2D eigenvalue weighted by atomic mass is 10.1. The van der Waals surface area contributed by atoms with E-state index in [2.05, 4.69) is 20.2 Å². The maximum absolute atomic E-state index is 12.9. The van der Waals surface area contributed by atoms with Gasteiger partial charge >= 0.3 is 0 Å². The SMILES string of the molecule is OC[C@H]1CCCN1c1cc(NC[C@@H](O)c2ccc(F)cc2)ncn1. The van der Waals surface area contributed by atoms with Crippen LogP contribution in [0.2, 0.25) is 0 Å². The number of aromatic nitrogens is 2. The highest BCUT2D eigenvalue weighted by Gasteiger charge is 2.25. The van der Waals surface area contributed by atoms with Crippen molar-refractivity contribution < 1.29 is 14.6 Å². The van der Waals surface area contributed by atoms with Gasteiger partial charge in [0, 0.05) is 19.2 Å². The zero-order valence-corrected chi connectivity index (χ0v) is 13.3. The summed E-state index contributed by atoms with van der Waals surface area (Å²) in [6.07, 6.45) is 2.68. The van der Waals surface area contributed by atoms with Crippen LogP contribution in [0.3, 0.4) is 0 Å². The fourth-order valence-corrected chi connectivity index (χ4v) is 2.93. The van der Waals surface area contributed by atoms with Crippen molar-refractivity contribution >= 4 is 11.6 Å². The Morgan fingerprint density at radius 1 is 1.29 bits per heavy atom. The average molecular weight is 332 g/mol. The van der Waals surface area contributed by atoms with E-state index in [1.54, 1.807) is 12.1 Å². The molecule has 1 aromatic heterocycles. The van der Waals surface area contributed by atoms with Crippen molar-refractivity contribution in [2.24, 2.45) is 0 Å². The van der Waals surface area contributed by atoms with Crippen LogP contribution in [0.1, 0.15) is 24.5 Å². The molecule has 0 unspecified atom stereocenters. The number of aliphatic hydroxyl groups is 2. The van der Waals surface area contributed by atoms with Crippen LogP contribution in [-0.2, 0) is 0 Å². The zero-order valence-electron chi connectivity index (χ0n) is 13.3. The number of aliphatic hydroxyl groups excluding tert-OH is 2. The molecule has 3 N–H and O–H groups in total. The summed E-state index contributed by atoms with van der Waals surface area (Å²) in [6, 6.07) is 7.67. The number of hydrogen-bond acceptors (Lipinski definition) is 6. The lowest BCUT2D eigenvalue weighted by Gasteiger charge is -2.24. The third kappa shape index (κ3) is 3.80. The Labute approximate surface area is 140 Å². The van der Waals surface area contributed by atoms with Crippen molar-refractivity contribution in [3.05, 3.63) is 48.0 Å². The Hall–Kier alpha value is -2.25. The summed E-state index contributed by atoms with van der Waals surface area (Å²) in [5.41, 5.74) is 0.637. The monoisotopic (exact) mass is 332 g/mol. The summed E-state index contributed by atoms with van der Waals surface area (Å²) in [5.74, 6) is 1.04. The first kappa shape index (κ1) is 16.6. The Morgan fingerprint density at radius 2 is 2.08 bits per heavy atom. The number of anilines is 2. The molecule has 128 valence electrons. The summed E-state index contributed by atoms with van der Waals surface area (Å²) >= 11 is 0. The summed E-state index contributed by atoms with van der Waals surface area (Å²) in [5, 5.41) is 22.7. The first-order valence-electron chi connectivity index (χ1n) is 8.04. The predicted molar refractivity (Wildman–Crippen MR) is 89.3 cm³/mol. The smallest absolute Gasteiger partial charge is 0.134 e. The molecule has 2 heterocycles. The zero-order chi connectivity index (χ0) is 16.9. The topological polar surface area (TPSA) is 81.5 Å². The molecule has 1 saturated heterocycles. The molecular weight excluding hydrogens is 311 g/mol. The van der Waals surface area contributed by atoms with Gasteiger partial charge in [0.1, 0.15) is 23.8 Å². The minimum Gasteiger partial charge on any atom is -0.394 e. The van der Waals surface area contributed by atoms with Crippen LogP contribution in [0.25, 0.3) is 0 Å². The molecule has 1 fully saturated rings. The molecule has 2 atom stereocenters. The molecule has 3 rings (SSSR count). The van der Waals surface area contributed by atoms with Gasteiger partial charge in [-0.1, -0.05) is 12.1 Å². The Bertz CT molecular complexity index is 668. The number of benzene rings is 1. The highest BCUT2D eigenvalue weighted by molar-refractivity contribution is 5.50. The second kappa shape index (κ2) is 7.55. The summed E-state index contributed by atoms with van der Waals surface area (Å²) in [4.78, 5) is 10.5. The van der Waals surface area contributed by atoms with Crippen molar-refractivity contribution in [2.75, 3.05) is 29.9 Å². The van der Waals surface area contributed by atoms with Crippen LogP contribution >= 0.6 is 0 Å². The lowest BCUT2D eigenvalue weighted by Crippen LogP contribution is -2.32. The molecule has 2 aromatic rings. The lowest BCUT2D eigenvalue weighted by molar-refractivity contribution is 0.191. The van der Waals surface area contributed by atoms with Gasteiger partial charge in [-0.25, -0.2) is 14.4 Å². The molecule has 0 saturated carbocycles. The van der Waals surface area contributed by atoms with Gasteiger partial charge in [0.05, 0.1) is 18.8 Å². The van der Waals surface area contributed by atoms with E-state index in [0.717, 1.165) is 25.2 Å². The molecule has 0 bridgehead atoms. The van der Waals surface area contributed by atoms with Gasteiger partial charge < -0.3 is 20.4 Å². The quantitative estimate of drug-likeness (QED) is 0.747. The van der Waals surface area contributed by atoms with Crippen LogP contribution in [0.4, 0.5) is 16.0 Å². The Morgan fingerprint density at radius 3 is 2.83 bits per heavy atom. The number of hydrogen-bond donors (Lipinski definition) is 3. The first-order chi connectivity index (χ1) is 11.7. The number of rotatable bonds is 6. The van der Waals surface area contributed by atoms with Crippen molar-refractivity contribution in [2.45, 2.75) is 25.0 Å². The summed E-state index contributed by atoms with van der Waals surface area (Å²) in [6.45, 7) is 1.22. The third-order valence-electron chi connectivity index (χ3n) is 4.27. The van der Waals surface area contributed by atoms with Crippen LogP contribution in [-0.4, -0.2) is 45.9 Å². The van der Waals surface area contributed by atoms with Gasteiger partial charge in [-0.2, -0.15) is 0 Å². The summed E-state index contributed by atoms with van der Waals surface area (Å²) < 4.78 is 12.9. The van der Waals surface area contributed by atoms with E-state index in [0.29, 0.717) is 11.4 Å². The van der Waals surface area contributed by atoms with Crippen molar-refractivity contribution in [1.82, 2.24) is 9.97 Å². The average Bonchev–Trinajstić information content (AvgIpc) is 3.09. The van der Waals surface area contributed by atoms with E-state index in [1.165, 1.54) is 18.5 Å². The van der Waals surface area contributed by atoms with Crippen molar-refractivity contribution in [3.8, 4) is 0 Å². The minimum absolute atomic E-state index is 0.0950. The molecule has 0 amide bonds. The fraction of sp³-hybridized carbons (Fsp3) is 0.412. The molecule has 1 aromatic carbocycles. The van der Waals surface area contributed by atoms with Crippen LogP contribution in [0.15, 0.2) is 36.7 Å². The van der Waals surface area contributed by atoms with Gasteiger partial charge in [0.15, 0.2) is 0 Å². The van der Waals surface area contributed by atoms with E-state index in [9.17, 15) is 14.6 Å². The highest BCUT2D eigenvalue weighted by Crippen LogP contribution is 2.24. The molecule has 0 spiro atoms. The van der Waals surface area contributed by atoms with Gasteiger partial charge in [-0.15, -0.1) is 0 Å². The maximum Gasteiger partial charge on any atom is 0.134 e.